The van der Waals surface area contributed by atoms with E-state index in [1.165, 1.54) is 6.07 Å². The Morgan fingerprint density at radius 3 is 2.71 bits per heavy atom. The number of halogens is 2. The van der Waals surface area contributed by atoms with Crippen molar-refractivity contribution in [1.29, 1.82) is 0 Å². The van der Waals surface area contributed by atoms with Gasteiger partial charge in [-0.15, -0.1) is 0 Å². The SMILES string of the molecule is CCOc1cc(C=O)ccc1OCc1cccc(Cl)c1F. The molecule has 2 aromatic carbocycles. The normalized spacial score (nSPS) is 10.2. The molecule has 2 aromatic rings. The molecule has 2 rings (SSSR count). The fourth-order valence-corrected chi connectivity index (χ4v) is 2.00. The highest BCUT2D eigenvalue weighted by atomic mass is 35.5. The summed E-state index contributed by atoms with van der Waals surface area (Å²) in [5, 5.41) is 0.0532. The van der Waals surface area contributed by atoms with Gasteiger partial charge in [-0.25, -0.2) is 4.39 Å². The Hall–Kier alpha value is -2.07. The van der Waals surface area contributed by atoms with Crippen LogP contribution in [0.15, 0.2) is 36.4 Å². The number of hydrogen-bond acceptors (Lipinski definition) is 3. The van der Waals surface area contributed by atoms with E-state index in [1.807, 2.05) is 6.92 Å². The molecule has 0 heterocycles. The molecule has 5 heteroatoms. The Morgan fingerprint density at radius 2 is 2.00 bits per heavy atom. The van der Waals surface area contributed by atoms with Crippen LogP contribution in [-0.2, 0) is 6.61 Å². The van der Waals surface area contributed by atoms with E-state index in [0.29, 0.717) is 29.2 Å². The van der Waals surface area contributed by atoms with Gasteiger partial charge in [0.1, 0.15) is 18.7 Å². The predicted octanol–water partition coefficient (Wildman–Crippen LogP) is 4.27. The lowest BCUT2D eigenvalue weighted by atomic mass is 10.2. The van der Waals surface area contributed by atoms with Gasteiger partial charge in [0.05, 0.1) is 11.6 Å². The van der Waals surface area contributed by atoms with Crippen molar-refractivity contribution in [3.05, 3.63) is 58.4 Å². The molecule has 0 saturated heterocycles. The molecule has 0 aliphatic heterocycles. The lowest BCUT2D eigenvalue weighted by Gasteiger charge is -2.13. The highest BCUT2D eigenvalue weighted by Crippen LogP contribution is 2.29. The second kappa shape index (κ2) is 7.09. The number of rotatable bonds is 6. The average molecular weight is 309 g/mol. The van der Waals surface area contributed by atoms with E-state index in [9.17, 15) is 9.18 Å². The van der Waals surface area contributed by atoms with E-state index < -0.39 is 5.82 Å². The first-order chi connectivity index (χ1) is 10.2. The Bertz CT molecular complexity index is 643. The van der Waals surface area contributed by atoms with E-state index in [-0.39, 0.29) is 11.6 Å². The highest BCUT2D eigenvalue weighted by Gasteiger charge is 2.10. The van der Waals surface area contributed by atoms with Crippen LogP contribution >= 0.6 is 11.6 Å². The van der Waals surface area contributed by atoms with Gasteiger partial charge in [0.15, 0.2) is 11.5 Å². The Morgan fingerprint density at radius 1 is 1.19 bits per heavy atom. The molecular weight excluding hydrogens is 295 g/mol. The fourth-order valence-electron chi connectivity index (χ4n) is 1.80. The molecule has 0 saturated carbocycles. The smallest absolute Gasteiger partial charge is 0.161 e. The third-order valence-electron chi connectivity index (χ3n) is 2.82. The summed E-state index contributed by atoms with van der Waals surface area (Å²) in [6, 6.07) is 9.55. The first kappa shape index (κ1) is 15.3. The molecule has 3 nitrogen and oxygen atoms in total. The molecule has 0 fully saturated rings. The van der Waals surface area contributed by atoms with Crippen molar-refractivity contribution >= 4 is 17.9 Å². The van der Waals surface area contributed by atoms with Crippen molar-refractivity contribution < 1.29 is 18.7 Å². The van der Waals surface area contributed by atoms with Crippen molar-refractivity contribution in [1.82, 2.24) is 0 Å². The van der Waals surface area contributed by atoms with E-state index in [0.717, 1.165) is 6.29 Å². The van der Waals surface area contributed by atoms with Crippen molar-refractivity contribution in [2.24, 2.45) is 0 Å². The van der Waals surface area contributed by atoms with Crippen LogP contribution < -0.4 is 9.47 Å². The van der Waals surface area contributed by atoms with Gasteiger partial charge in [0.2, 0.25) is 0 Å². The maximum absolute atomic E-state index is 13.8. The highest BCUT2D eigenvalue weighted by molar-refractivity contribution is 6.30. The number of benzene rings is 2. The number of carbonyl (C=O) groups excluding carboxylic acids is 1. The van der Waals surface area contributed by atoms with Gasteiger partial charge < -0.3 is 9.47 Å². The number of aldehydes is 1. The van der Waals surface area contributed by atoms with Gasteiger partial charge in [0, 0.05) is 11.1 Å². The van der Waals surface area contributed by atoms with Gasteiger partial charge in [-0.2, -0.15) is 0 Å². The van der Waals surface area contributed by atoms with E-state index in [4.69, 9.17) is 21.1 Å². The van der Waals surface area contributed by atoms with Crippen molar-refractivity contribution in [3.63, 3.8) is 0 Å². The standard InChI is InChI=1S/C16H14ClFO3/c1-2-20-15-8-11(9-19)6-7-14(15)21-10-12-4-3-5-13(17)16(12)18/h3-9H,2,10H2,1H3. The van der Waals surface area contributed by atoms with Gasteiger partial charge in [-0.1, -0.05) is 23.7 Å². The van der Waals surface area contributed by atoms with Gasteiger partial charge in [-0.05, 0) is 31.2 Å². The lowest BCUT2D eigenvalue weighted by molar-refractivity contribution is 0.112. The van der Waals surface area contributed by atoms with E-state index in [1.54, 1.807) is 30.3 Å². The summed E-state index contributed by atoms with van der Waals surface area (Å²) in [7, 11) is 0. The molecule has 0 N–H and O–H groups in total. The predicted molar refractivity (Wildman–Crippen MR) is 78.7 cm³/mol. The quantitative estimate of drug-likeness (QED) is 0.748. The number of hydrogen-bond donors (Lipinski definition) is 0. The third-order valence-corrected chi connectivity index (χ3v) is 3.11. The van der Waals surface area contributed by atoms with E-state index in [2.05, 4.69) is 0 Å². The first-order valence-electron chi connectivity index (χ1n) is 6.43. The van der Waals surface area contributed by atoms with Crippen LogP contribution in [0.3, 0.4) is 0 Å². The molecule has 0 atom stereocenters. The summed E-state index contributed by atoms with van der Waals surface area (Å²) in [5.74, 6) is 0.396. The average Bonchev–Trinajstić information content (AvgIpc) is 2.50. The zero-order valence-corrected chi connectivity index (χ0v) is 12.2. The van der Waals surface area contributed by atoms with Crippen LogP contribution in [-0.4, -0.2) is 12.9 Å². The second-order valence-electron chi connectivity index (χ2n) is 4.26. The largest absolute Gasteiger partial charge is 0.490 e. The minimum absolute atomic E-state index is 0.0207. The summed E-state index contributed by atoms with van der Waals surface area (Å²) >= 11 is 5.72. The minimum Gasteiger partial charge on any atom is -0.490 e. The zero-order valence-electron chi connectivity index (χ0n) is 11.4. The summed E-state index contributed by atoms with van der Waals surface area (Å²) in [6.45, 7) is 2.28. The van der Waals surface area contributed by atoms with Crippen LogP contribution in [0.1, 0.15) is 22.8 Å². The summed E-state index contributed by atoms with van der Waals surface area (Å²) in [6.07, 6.45) is 0.725. The summed E-state index contributed by atoms with van der Waals surface area (Å²) < 4.78 is 24.8. The molecular formula is C16H14ClFO3. The fraction of sp³-hybridized carbons (Fsp3) is 0.188. The van der Waals surface area contributed by atoms with Gasteiger partial charge in [0.25, 0.3) is 0 Å². The molecule has 0 aromatic heterocycles. The monoisotopic (exact) mass is 308 g/mol. The Balaban J connectivity index is 2.19. The Kier molecular flexibility index (Phi) is 5.17. The molecule has 0 amide bonds. The van der Waals surface area contributed by atoms with E-state index >= 15 is 0 Å². The molecule has 0 bridgehead atoms. The molecule has 0 spiro atoms. The van der Waals surface area contributed by atoms with Crippen LogP contribution in [0.2, 0.25) is 5.02 Å². The van der Waals surface area contributed by atoms with Crippen LogP contribution in [0.25, 0.3) is 0 Å². The van der Waals surface area contributed by atoms with Crippen LogP contribution in [0, 0.1) is 5.82 Å². The van der Waals surface area contributed by atoms with Crippen LogP contribution in [0.4, 0.5) is 4.39 Å². The molecule has 0 aliphatic rings. The van der Waals surface area contributed by atoms with Crippen molar-refractivity contribution in [2.45, 2.75) is 13.5 Å². The maximum Gasteiger partial charge on any atom is 0.161 e. The summed E-state index contributed by atoms with van der Waals surface area (Å²) in [5.41, 5.74) is 0.837. The third kappa shape index (κ3) is 3.73. The van der Waals surface area contributed by atoms with Gasteiger partial charge >= 0.3 is 0 Å². The molecule has 0 aliphatic carbocycles. The van der Waals surface area contributed by atoms with Gasteiger partial charge in [-0.3, -0.25) is 4.79 Å². The number of ether oxygens (including phenoxy) is 2. The van der Waals surface area contributed by atoms with Crippen molar-refractivity contribution in [3.8, 4) is 11.5 Å². The number of carbonyl (C=O) groups is 1. The molecule has 0 radical (unpaired) electrons. The lowest BCUT2D eigenvalue weighted by Crippen LogP contribution is -2.02. The Labute approximate surface area is 127 Å². The zero-order chi connectivity index (χ0) is 15.2. The van der Waals surface area contributed by atoms with Crippen LogP contribution in [0.5, 0.6) is 11.5 Å². The maximum atomic E-state index is 13.8. The molecule has 0 unspecified atom stereocenters. The molecule has 21 heavy (non-hydrogen) atoms. The minimum atomic E-state index is -0.498. The molecule has 110 valence electrons. The van der Waals surface area contributed by atoms with Crippen molar-refractivity contribution in [2.75, 3.05) is 6.61 Å². The topological polar surface area (TPSA) is 35.5 Å². The first-order valence-corrected chi connectivity index (χ1v) is 6.81. The second-order valence-corrected chi connectivity index (χ2v) is 4.67. The summed E-state index contributed by atoms with van der Waals surface area (Å²) in [4.78, 5) is 10.8.